The zero-order valence-electron chi connectivity index (χ0n) is 9.31. The van der Waals surface area contributed by atoms with E-state index >= 15 is 0 Å². The maximum atomic E-state index is 12.6. The van der Waals surface area contributed by atoms with Gasteiger partial charge in [0.25, 0.3) is 5.92 Å². The Morgan fingerprint density at radius 2 is 1.86 bits per heavy atom. The molecule has 2 nitrogen and oxygen atoms in total. The standard InChI is InChI=1S/C8H13F2NO.C2H6/c1-6(2)7(12)11-4-3-8(9,10)5-11;1-2/h6H,3-5H2,1-2H3;1-2H3. The molecule has 0 N–H and O–H groups in total. The van der Waals surface area contributed by atoms with Crippen LogP contribution in [0.2, 0.25) is 0 Å². The summed E-state index contributed by atoms with van der Waals surface area (Å²) in [6, 6.07) is 0. The molecule has 1 aliphatic rings. The van der Waals surface area contributed by atoms with E-state index in [4.69, 9.17) is 0 Å². The summed E-state index contributed by atoms with van der Waals surface area (Å²) in [5.74, 6) is -3.02. The topological polar surface area (TPSA) is 20.3 Å². The highest BCUT2D eigenvalue weighted by Crippen LogP contribution is 2.27. The largest absolute Gasteiger partial charge is 0.336 e. The average molecular weight is 207 g/mol. The third-order valence-electron chi connectivity index (χ3n) is 1.98. The number of carbonyl (C=O) groups excluding carboxylic acids is 1. The van der Waals surface area contributed by atoms with Crippen LogP contribution in [0, 0.1) is 5.92 Å². The van der Waals surface area contributed by atoms with Crippen LogP contribution in [-0.4, -0.2) is 29.8 Å². The van der Waals surface area contributed by atoms with Crippen LogP contribution >= 0.6 is 0 Å². The number of halogens is 2. The first-order chi connectivity index (χ1) is 6.42. The number of hydrogen-bond acceptors (Lipinski definition) is 1. The SMILES string of the molecule is CC.CC(C)C(=O)N1CCC(F)(F)C1. The van der Waals surface area contributed by atoms with Crippen molar-refractivity contribution in [3.63, 3.8) is 0 Å². The van der Waals surface area contributed by atoms with E-state index in [2.05, 4.69) is 0 Å². The quantitative estimate of drug-likeness (QED) is 0.647. The van der Waals surface area contributed by atoms with Gasteiger partial charge in [0.1, 0.15) is 0 Å². The second-order valence-electron chi connectivity index (χ2n) is 3.52. The zero-order valence-corrected chi connectivity index (χ0v) is 9.31. The molecule has 1 fully saturated rings. The van der Waals surface area contributed by atoms with Gasteiger partial charge in [-0.3, -0.25) is 4.79 Å². The molecule has 0 aliphatic carbocycles. The van der Waals surface area contributed by atoms with Crippen molar-refractivity contribution in [2.24, 2.45) is 5.92 Å². The van der Waals surface area contributed by atoms with E-state index in [0.717, 1.165) is 0 Å². The van der Waals surface area contributed by atoms with Gasteiger partial charge in [-0.2, -0.15) is 0 Å². The predicted molar refractivity (Wildman–Crippen MR) is 52.3 cm³/mol. The predicted octanol–water partition coefficient (Wildman–Crippen LogP) is 2.54. The summed E-state index contributed by atoms with van der Waals surface area (Å²) in [6.45, 7) is 7.24. The van der Waals surface area contributed by atoms with Crippen LogP contribution < -0.4 is 0 Å². The van der Waals surface area contributed by atoms with Crippen molar-refractivity contribution in [1.29, 1.82) is 0 Å². The van der Waals surface area contributed by atoms with Crippen molar-refractivity contribution in [2.75, 3.05) is 13.1 Å². The summed E-state index contributed by atoms with van der Waals surface area (Å²) in [4.78, 5) is 12.5. The van der Waals surface area contributed by atoms with Crippen LogP contribution in [0.4, 0.5) is 8.78 Å². The fourth-order valence-electron chi connectivity index (χ4n) is 1.29. The van der Waals surface area contributed by atoms with Crippen molar-refractivity contribution < 1.29 is 13.6 Å². The Morgan fingerprint density at radius 1 is 1.36 bits per heavy atom. The Hall–Kier alpha value is -0.670. The summed E-state index contributed by atoms with van der Waals surface area (Å²) in [7, 11) is 0. The number of rotatable bonds is 1. The molecular formula is C10H19F2NO. The first-order valence-corrected chi connectivity index (χ1v) is 5.09. The molecule has 1 heterocycles. The van der Waals surface area contributed by atoms with Crippen molar-refractivity contribution >= 4 is 5.91 Å². The van der Waals surface area contributed by atoms with Crippen molar-refractivity contribution in [3.05, 3.63) is 0 Å². The molecule has 84 valence electrons. The molecule has 4 heteroatoms. The first-order valence-electron chi connectivity index (χ1n) is 5.09. The van der Waals surface area contributed by atoms with Gasteiger partial charge in [-0.25, -0.2) is 8.78 Å². The van der Waals surface area contributed by atoms with Gasteiger partial charge >= 0.3 is 0 Å². The smallest absolute Gasteiger partial charge is 0.267 e. The molecule has 0 bridgehead atoms. The number of likely N-dealkylation sites (tertiary alicyclic amines) is 1. The van der Waals surface area contributed by atoms with E-state index in [9.17, 15) is 13.6 Å². The first kappa shape index (κ1) is 13.3. The Morgan fingerprint density at radius 3 is 2.14 bits per heavy atom. The van der Waals surface area contributed by atoms with Crippen LogP contribution in [0.15, 0.2) is 0 Å². The maximum absolute atomic E-state index is 12.6. The molecule has 1 rings (SSSR count). The van der Waals surface area contributed by atoms with Gasteiger partial charge in [0.05, 0.1) is 6.54 Å². The molecule has 0 atom stereocenters. The third-order valence-corrected chi connectivity index (χ3v) is 1.98. The second-order valence-corrected chi connectivity index (χ2v) is 3.52. The van der Waals surface area contributed by atoms with E-state index in [-0.39, 0.29) is 24.8 Å². The number of alkyl halides is 2. The molecule has 1 amide bonds. The van der Waals surface area contributed by atoms with E-state index in [1.54, 1.807) is 13.8 Å². The van der Waals surface area contributed by atoms with Gasteiger partial charge in [-0.1, -0.05) is 27.7 Å². The van der Waals surface area contributed by atoms with Crippen LogP contribution in [-0.2, 0) is 4.79 Å². The molecule has 0 radical (unpaired) electrons. The maximum Gasteiger partial charge on any atom is 0.267 e. The molecule has 0 unspecified atom stereocenters. The summed E-state index contributed by atoms with van der Waals surface area (Å²) < 4.78 is 25.2. The minimum Gasteiger partial charge on any atom is -0.336 e. The van der Waals surface area contributed by atoms with E-state index in [1.165, 1.54) is 4.90 Å². The number of amides is 1. The van der Waals surface area contributed by atoms with Gasteiger partial charge in [-0.05, 0) is 0 Å². The number of carbonyl (C=O) groups is 1. The lowest BCUT2D eigenvalue weighted by Crippen LogP contribution is -2.34. The summed E-state index contributed by atoms with van der Waals surface area (Å²) in [5.41, 5.74) is 0. The summed E-state index contributed by atoms with van der Waals surface area (Å²) in [6.07, 6.45) is -0.189. The van der Waals surface area contributed by atoms with Crippen LogP contribution in [0.25, 0.3) is 0 Å². The molecule has 0 aromatic rings. The van der Waals surface area contributed by atoms with Crippen LogP contribution in [0.3, 0.4) is 0 Å². The molecule has 0 saturated carbocycles. The van der Waals surface area contributed by atoms with Gasteiger partial charge in [0, 0.05) is 18.9 Å². The monoisotopic (exact) mass is 207 g/mol. The molecule has 0 aromatic heterocycles. The highest BCUT2D eigenvalue weighted by atomic mass is 19.3. The molecule has 1 aliphatic heterocycles. The fourth-order valence-corrected chi connectivity index (χ4v) is 1.29. The Labute approximate surface area is 84.3 Å². The van der Waals surface area contributed by atoms with Gasteiger partial charge in [-0.15, -0.1) is 0 Å². The normalized spacial score (nSPS) is 19.2. The lowest BCUT2D eigenvalue weighted by molar-refractivity contribution is -0.134. The third kappa shape index (κ3) is 3.60. The summed E-state index contributed by atoms with van der Waals surface area (Å²) >= 11 is 0. The Bertz CT molecular complexity index is 193. The van der Waals surface area contributed by atoms with Crippen molar-refractivity contribution in [1.82, 2.24) is 4.90 Å². The van der Waals surface area contributed by atoms with Gasteiger partial charge in [0.2, 0.25) is 5.91 Å². The molecule has 0 spiro atoms. The van der Waals surface area contributed by atoms with Crippen LogP contribution in [0.1, 0.15) is 34.1 Å². The van der Waals surface area contributed by atoms with Gasteiger partial charge in [0.15, 0.2) is 0 Å². The fraction of sp³-hybridized carbons (Fsp3) is 0.900. The Kier molecular flexibility index (Phi) is 5.02. The number of nitrogens with zero attached hydrogens (tertiary/aromatic N) is 1. The van der Waals surface area contributed by atoms with Crippen molar-refractivity contribution in [3.8, 4) is 0 Å². The van der Waals surface area contributed by atoms with Gasteiger partial charge < -0.3 is 4.90 Å². The average Bonchev–Trinajstić information content (AvgIpc) is 2.48. The van der Waals surface area contributed by atoms with Crippen molar-refractivity contribution in [2.45, 2.75) is 40.0 Å². The van der Waals surface area contributed by atoms with E-state index < -0.39 is 12.5 Å². The van der Waals surface area contributed by atoms with E-state index in [1.807, 2.05) is 13.8 Å². The molecular weight excluding hydrogens is 188 g/mol. The lowest BCUT2D eigenvalue weighted by atomic mass is 10.2. The lowest BCUT2D eigenvalue weighted by Gasteiger charge is -2.17. The number of hydrogen-bond donors (Lipinski definition) is 0. The molecule has 0 aromatic carbocycles. The Balaban J connectivity index is 0.000000791. The van der Waals surface area contributed by atoms with E-state index in [0.29, 0.717) is 0 Å². The minimum atomic E-state index is -2.66. The highest BCUT2D eigenvalue weighted by molar-refractivity contribution is 5.78. The molecule has 1 saturated heterocycles. The highest BCUT2D eigenvalue weighted by Gasteiger charge is 2.40. The van der Waals surface area contributed by atoms with Crippen LogP contribution in [0.5, 0.6) is 0 Å². The minimum absolute atomic E-state index is 0.174. The zero-order chi connectivity index (χ0) is 11.4. The molecule has 14 heavy (non-hydrogen) atoms. The second kappa shape index (κ2) is 5.27. The summed E-state index contributed by atoms with van der Waals surface area (Å²) in [5, 5.41) is 0.